The molecule has 1 aromatic carbocycles. The van der Waals surface area contributed by atoms with Gasteiger partial charge in [0.25, 0.3) is 0 Å². The van der Waals surface area contributed by atoms with Crippen LogP contribution in [0.25, 0.3) is 0 Å². The topological polar surface area (TPSA) is 0 Å². The van der Waals surface area contributed by atoms with E-state index >= 15 is 0 Å². The van der Waals surface area contributed by atoms with E-state index in [1.54, 1.807) is 0 Å². The zero-order valence-electron chi connectivity index (χ0n) is 13.1. The Morgan fingerprint density at radius 1 is 0.625 bits per heavy atom. The molecule has 98 valence electrons. The van der Waals surface area contributed by atoms with E-state index < -0.39 is 0 Å². The summed E-state index contributed by atoms with van der Waals surface area (Å²) in [4.78, 5) is 0. The molecule has 0 bridgehead atoms. The van der Waals surface area contributed by atoms with Crippen molar-refractivity contribution >= 4 is 0 Å². The fourth-order valence-corrected chi connectivity index (χ4v) is 0.714. The van der Waals surface area contributed by atoms with Gasteiger partial charge in [-0.05, 0) is 12.0 Å². The van der Waals surface area contributed by atoms with E-state index in [4.69, 9.17) is 0 Å². The summed E-state index contributed by atoms with van der Waals surface area (Å²) in [5.74, 6) is 0. The third-order valence-corrected chi connectivity index (χ3v) is 1.25. The molecule has 0 aromatic heterocycles. The normalized spacial score (nSPS) is 6.06. The van der Waals surface area contributed by atoms with Gasteiger partial charge in [-0.3, -0.25) is 0 Å². The second kappa shape index (κ2) is 36.8. The van der Waals surface area contributed by atoms with E-state index in [0.29, 0.717) is 0 Å². The predicted octanol–water partition coefficient (Wildman–Crippen LogP) is 6.35. The minimum absolute atomic E-state index is 1.14. The second-order valence-electron chi connectivity index (χ2n) is 1.84. The van der Waals surface area contributed by atoms with Crippen LogP contribution < -0.4 is 0 Å². The highest BCUT2D eigenvalue weighted by molar-refractivity contribution is 5.13. The van der Waals surface area contributed by atoms with Crippen molar-refractivity contribution in [2.24, 2.45) is 0 Å². The Labute approximate surface area is 105 Å². The van der Waals surface area contributed by atoms with E-state index in [2.05, 4.69) is 31.2 Å². The first-order chi connectivity index (χ1) is 7.93. The van der Waals surface area contributed by atoms with Crippen molar-refractivity contribution in [2.45, 2.75) is 68.7 Å². The minimum atomic E-state index is 1.14. The van der Waals surface area contributed by atoms with Gasteiger partial charge in [-0.25, -0.2) is 0 Å². The number of aryl methyl sites for hydroxylation is 1. The molecule has 0 fully saturated rings. The number of hydrogen-bond donors (Lipinski definition) is 0. The van der Waals surface area contributed by atoms with Crippen LogP contribution in [0.4, 0.5) is 0 Å². The summed E-state index contributed by atoms with van der Waals surface area (Å²) in [5, 5.41) is 0. The molecule has 0 radical (unpaired) electrons. The summed E-state index contributed by atoms with van der Waals surface area (Å²) in [6.07, 6.45) is 1.14. The van der Waals surface area contributed by atoms with Gasteiger partial charge in [0.2, 0.25) is 0 Å². The molecular weight excluding hydrogens is 192 g/mol. The summed E-state index contributed by atoms with van der Waals surface area (Å²) >= 11 is 0. The number of rotatable bonds is 1. The first kappa shape index (κ1) is 24.4. The average molecular weight is 226 g/mol. The average Bonchev–Trinajstić information content (AvgIpc) is 2.48. The van der Waals surface area contributed by atoms with Crippen LogP contribution in [0.2, 0.25) is 0 Å². The highest BCUT2D eigenvalue weighted by Crippen LogP contribution is 1.96. The Balaban J connectivity index is -0.0000000771. The largest absolute Gasteiger partial charge is 0.0683 e. The van der Waals surface area contributed by atoms with Crippen LogP contribution in [0.1, 0.15) is 67.9 Å². The lowest BCUT2D eigenvalue weighted by molar-refractivity contribution is 1.14. The number of benzene rings is 1. The highest BCUT2D eigenvalue weighted by atomic mass is 13.9. The Kier molecular flexibility index (Phi) is 56.2. The van der Waals surface area contributed by atoms with Crippen LogP contribution in [0.3, 0.4) is 0 Å². The van der Waals surface area contributed by atoms with Gasteiger partial charge in [0.1, 0.15) is 0 Å². The first-order valence-electron chi connectivity index (χ1n) is 6.97. The van der Waals surface area contributed by atoms with Gasteiger partial charge in [-0.2, -0.15) is 0 Å². The van der Waals surface area contributed by atoms with Crippen molar-refractivity contribution in [3.63, 3.8) is 0 Å². The molecule has 0 saturated carbocycles. The van der Waals surface area contributed by atoms with Crippen molar-refractivity contribution in [1.82, 2.24) is 0 Å². The minimum Gasteiger partial charge on any atom is -0.0683 e. The fraction of sp³-hybridized carbons (Fsp3) is 0.625. The van der Waals surface area contributed by atoms with Crippen LogP contribution in [0.5, 0.6) is 0 Å². The third-order valence-electron chi connectivity index (χ3n) is 1.25. The van der Waals surface area contributed by atoms with Gasteiger partial charge in [0.15, 0.2) is 0 Å². The molecule has 0 amide bonds. The van der Waals surface area contributed by atoms with Gasteiger partial charge in [0, 0.05) is 0 Å². The molecular formula is C16H34. The zero-order chi connectivity index (χ0) is 13.8. The summed E-state index contributed by atoms with van der Waals surface area (Å²) in [6.45, 7) is 18.2. The molecule has 0 saturated heterocycles. The lowest BCUT2D eigenvalue weighted by atomic mass is 10.2. The Morgan fingerprint density at radius 3 is 1.12 bits per heavy atom. The molecule has 16 heavy (non-hydrogen) atoms. The molecule has 1 rings (SSSR count). The SMILES string of the molecule is CC.CC.CC.CC.CCc1ccccc1. The molecule has 1 aromatic rings. The fourth-order valence-electron chi connectivity index (χ4n) is 0.714. The van der Waals surface area contributed by atoms with Crippen molar-refractivity contribution in [3.05, 3.63) is 35.9 Å². The summed E-state index contributed by atoms with van der Waals surface area (Å²) < 4.78 is 0. The quantitative estimate of drug-likeness (QED) is 0.523. The number of hydrogen-bond acceptors (Lipinski definition) is 0. The van der Waals surface area contributed by atoms with Crippen molar-refractivity contribution in [1.29, 1.82) is 0 Å². The molecule has 0 N–H and O–H groups in total. The molecule has 0 aliphatic rings. The van der Waals surface area contributed by atoms with E-state index in [0.717, 1.165) is 6.42 Å². The van der Waals surface area contributed by atoms with Crippen LogP contribution in [-0.4, -0.2) is 0 Å². The maximum atomic E-state index is 2.16. The van der Waals surface area contributed by atoms with Crippen LogP contribution >= 0.6 is 0 Å². The molecule has 0 aliphatic heterocycles. The standard InChI is InChI=1S/C8H10.4C2H6/c1-2-8-6-4-3-5-7-8;4*1-2/h3-7H,2H2,1H3;4*1-2H3. The summed E-state index contributed by atoms with van der Waals surface area (Å²) in [7, 11) is 0. The Bertz CT molecular complexity index is 141. The molecule has 0 spiro atoms. The van der Waals surface area contributed by atoms with E-state index in [1.807, 2.05) is 61.5 Å². The van der Waals surface area contributed by atoms with Crippen LogP contribution in [-0.2, 0) is 6.42 Å². The molecule has 0 aliphatic carbocycles. The van der Waals surface area contributed by atoms with Gasteiger partial charge < -0.3 is 0 Å². The Hall–Kier alpha value is -0.780. The highest BCUT2D eigenvalue weighted by Gasteiger charge is 1.79. The van der Waals surface area contributed by atoms with Gasteiger partial charge >= 0.3 is 0 Å². The van der Waals surface area contributed by atoms with Crippen LogP contribution in [0, 0.1) is 0 Å². The first-order valence-corrected chi connectivity index (χ1v) is 6.97. The van der Waals surface area contributed by atoms with Gasteiger partial charge in [-0.15, -0.1) is 0 Å². The molecule has 0 nitrogen and oxygen atoms in total. The second-order valence-corrected chi connectivity index (χ2v) is 1.84. The van der Waals surface area contributed by atoms with Gasteiger partial charge in [0.05, 0.1) is 0 Å². The summed E-state index contributed by atoms with van der Waals surface area (Å²) in [6, 6.07) is 10.5. The molecule has 0 atom stereocenters. The molecule has 0 heteroatoms. The van der Waals surface area contributed by atoms with E-state index in [-0.39, 0.29) is 0 Å². The Morgan fingerprint density at radius 2 is 0.938 bits per heavy atom. The van der Waals surface area contributed by atoms with E-state index in [1.165, 1.54) is 5.56 Å². The zero-order valence-corrected chi connectivity index (χ0v) is 13.1. The van der Waals surface area contributed by atoms with Crippen molar-refractivity contribution in [3.8, 4) is 0 Å². The van der Waals surface area contributed by atoms with Crippen LogP contribution in [0.15, 0.2) is 30.3 Å². The van der Waals surface area contributed by atoms with Crippen molar-refractivity contribution in [2.75, 3.05) is 0 Å². The lowest BCUT2D eigenvalue weighted by Gasteiger charge is -1.89. The monoisotopic (exact) mass is 226 g/mol. The maximum absolute atomic E-state index is 2.16. The van der Waals surface area contributed by atoms with Gasteiger partial charge in [-0.1, -0.05) is 92.6 Å². The third kappa shape index (κ3) is 23.2. The van der Waals surface area contributed by atoms with Crippen molar-refractivity contribution < 1.29 is 0 Å². The lowest BCUT2D eigenvalue weighted by Crippen LogP contribution is -1.73. The molecule has 0 unspecified atom stereocenters. The predicted molar refractivity (Wildman–Crippen MR) is 81.2 cm³/mol. The smallest absolute Gasteiger partial charge is 0.0307 e. The van der Waals surface area contributed by atoms with E-state index in [9.17, 15) is 0 Å². The summed E-state index contributed by atoms with van der Waals surface area (Å²) in [5.41, 5.74) is 1.41. The maximum Gasteiger partial charge on any atom is -0.0307 e. The molecule has 0 heterocycles.